The van der Waals surface area contributed by atoms with Crippen LogP contribution in [-0.2, 0) is 30.5 Å². The molecule has 0 aliphatic rings. The molecule has 0 aromatic heterocycles. The first-order chi connectivity index (χ1) is 15.5. The van der Waals surface area contributed by atoms with Gasteiger partial charge in [-0.3, -0.25) is 9.59 Å². The lowest BCUT2D eigenvalue weighted by atomic mass is 9.98. The SMILES string of the molecule is COC(=O)[C@@H](NC(=O)[C@H](NC(=O)[C@@H](NC(=O)OCc1ccccc1)C(C)C)C(C)C)C(C)C. The van der Waals surface area contributed by atoms with Gasteiger partial charge < -0.3 is 25.4 Å². The summed E-state index contributed by atoms with van der Waals surface area (Å²) in [5, 5.41) is 7.94. The Balaban J connectivity index is 2.82. The van der Waals surface area contributed by atoms with Crippen molar-refractivity contribution in [1.82, 2.24) is 16.0 Å². The van der Waals surface area contributed by atoms with E-state index in [1.807, 2.05) is 30.3 Å². The molecular formula is C24H37N3O6. The van der Waals surface area contributed by atoms with Crippen molar-refractivity contribution in [3.63, 3.8) is 0 Å². The first-order valence-corrected chi connectivity index (χ1v) is 11.1. The number of hydrogen-bond donors (Lipinski definition) is 3. The van der Waals surface area contributed by atoms with Crippen LogP contribution < -0.4 is 16.0 Å². The molecule has 0 unspecified atom stereocenters. The summed E-state index contributed by atoms with van der Waals surface area (Å²) in [4.78, 5) is 50.1. The molecule has 0 saturated heterocycles. The lowest BCUT2D eigenvalue weighted by Crippen LogP contribution is -2.59. The van der Waals surface area contributed by atoms with E-state index in [4.69, 9.17) is 9.47 Å². The van der Waals surface area contributed by atoms with Crippen LogP contribution in [0.1, 0.15) is 47.1 Å². The molecule has 0 fully saturated rings. The Morgan fingerprint density at radius 1 is 0.727 bits per heavy atom. The lowest BCUT2D eigenvalue weighted by Gasteiger charge is -2.28. The van der Waals surface area contributed by atoms with E-state index >= 15 is 0 Å². The summed E-state index contributed by atoms with van der Waals surface area (Å²) in [5.41, 5.74) is 0.819. The van der Waals surface area contributed by atoms with Gasteiger partial charge in [-0.25, -0.2) is 9.59 Å². The van der Waals surface area contributed by atoms with Crippen molar-refractivity contribution >= 4 is 23.9 Å². The van der Waals surface area contributed by atoms with Crippen LogP contribution >= 0.6 is 0 Å². The summed E-state index contributed by atoms with van der Waals surface area (Å²) in [7, 11) is 1.25. The van der Waals surface area contributed by atoms with Gasteiger partial charge in [0.1, 0.15) is 24.7 Å². The largest absolute Gasteiger partial charge is 0.467 e. The molecule has 0 heterocycles. The van der Waals surface area contributed by atoms with Crippen molar-refractivity contribution in [2.24, 2.45) is 17.8 Å². The fourth-order valence-electron chi connectivity index (χ4n) is 3.07. The van der Waals surface area contributed by atoms with Gasteiger partial charge in [0.25, 0.3) is 0 Å². The summed E-state index contributed by atoms with van der Waals surface area (Å²) in [6.07, 6.45) is -0.733. The number of benzene rings is 1. The Bertz CT molecular complexity index is 795. The predicted molar refractivity (Wildman–Crippen MR) is 124 cm³/mol. The van der Waals surface area contributed by atoms with E-state index in [1.54, 1.807) is 41.5 Å². The van der Waals surface area contributed by atoms with Gasteiger partial charge in [0.15, 0.2) is 0 Å². The molecular weight excluding hydrogens is 426 g/mol. The molecule has 0 aliphatic carbocycles. The number of carbonyl (C=O) groups excluding carboxylic acids is 4. The highest BCUT2D eigenvalue weighted by atomic mass is 16.5. The third-order valence-corrected chi connectivity index (χ3v) is 5.10. The smallest absolute Gasteiger partial charge is 0.408 e. The molecule has 33 heavy (non-hydrogen) atoms. The summed E-state index contributed by atoms with van der Waals surface area (Å²) in [6.45, 7) is 10.7. The predicted octanol–water partition coefficient (Wildman–Crippen LogP) is 2.39. The Kier molecular flexibility index (Phi) is 11.4. The van der Waals surface area contributed by atoms with Gasteiger partial charge in [0, 0.05) is 0 Å². The van der Waals surface area contributed by atoms with E-state index < -0.39 is 42.0 Å². The third kappa shape index (κ3) is 9.11. The Hall–Kier alpha value is -3.10. The first kappa shape index (κ1) is 27.9. The second-order valence-electron chi connectivity index (χ2n) is 8.91. The van der Waals surface area contributed by atoms with Crippen LogP contribution in [0.3, 0.4) is 0 Å². The van der Waals surface area contributed by atoms with Gasteiger partial charge in [0.2, 0.25) is 11.8 Å². The quantitative estimate of drug-likeness (QED) is 0.433. The lowest BCUT2D eigenvalue weighted by molar-refractivity contribution is -0.146. The minimum atomic E-state index is -0.913. The summed E-state index contributed by atoms with van der Waals surface area (Å²) < 4.78 is 9.98. The van der Waals surface area contributed by atoms with Gasteiger partial charge in [-0.15, -0.1) is 0 Å². The van der Waals surface area contributed by atoms with Gasteiger partial charge in [-0.2, -0.15) is 0 Å². The number of rotatable bonds is 11. The monoisotopic (exact) mass is 463 g/mol. The molecule has 9 heteroatoms. The standard InChI is InChI=1S/C24H37N3O6/c1-14(2)18(21(28)26-20(16(5)6)23(30)32-7)25-22(29)19(15(3)4)27-24(31)33-13-17-11-9-8-10-12-17/h8-12,14-16,18-20H,13H2,1-7H3,(H,25,29)(H,26,28)(H,27,31)/t18-,19+,20+/m1/s1. The Labute approximate surface area is 196 Å². The molecule has 3 atom stereocenters. The number of amides is 3. The van der Waals surface area contributed by atoms with Crippen molar-refractivity contribution in [1.29, 1.82) is 0 Å². The number of nitrogens with one attached hydrogen (secondary N) is 3. The zero-order chi connectivity index (χ0) is 25.1. The molecule has 3 N–H and O–H groups in total. The van der Waals surface area contributed by atoms with Crippen LogP contribution in [0.15, 0.2) is 30.3 Å². The Morgan fingerprint density at radius 2 is 1.18 bits per heavy atom. The third-order valence-electron chi connectivity index (χ3n) is 5.10. The highest BCUT2D eigenvalue weighted by Crippen LogP contribution is 2.10. The summed E-state index contributed by atoms with van der Waals surface area (Å²) in [5.74, 6) is -2.31. The molecule has 1 aromatic rings. The molecule has 1 aromatic carbocycles. The number of ether oxygens (including phenoxy) is 2. The topological polar surface area (TPSA) is 123 Å². The van der Waals surface area contributed by atoms with Crippen molar-refractivity contribution in [3.8, 4) is 0 Å². The minimum Gasteiger partial charge on any atom is -0.467 e. The van der Waals surface area contributed by atoms with Crippen LogP contribution in [0.2, 0.25) is 0 Å². The second kappa shape index (κ2) is 13.4. The van der Waals surface area contributed by atoms with E-state index in [0.29, 0.717) is 0 Å². The van der Waals surface area contributed by atoms with Crippen LogP contribution in [0.4, 0.5) is 4.79 Å². The van der Waals surface area contributed by atoms with E-state index in [0.717, 1.165) is 5.56 Å². The fraction of sp³-hybridized carbons (Fsp3) is 0.583. The maximum absolute atomic E-state index is 13.0. The molecule has 1 rings (SSSR count). The fourth-order valence-corrected chi connectivity index (χ4v) is 3.07. The zero-order valence-corrected chi connectivity index (χ0v) is 20.5. The van der Waals surface area contributed by atoms with E-state index in [2.05, 4.69) is 16.0 Å². The molecule has 0 spiro atoms. The number of alkyl carbamates (subject to hydrolysis) is 1. The van der Waals surface area contributed by atoms with Crippen molar-refractivity contribution in [2.75, 3.05) is 7.11 Å². The first-order valence-electron chi connectivity index (χ1n) is 11.1. The van der Waals surface area contributed by atoms with Gasteiger partial charge in [-0.05, 0) is 23.3 Å². The second-order valence-corrected chi connectivity index (χ2v) is 8.91. The molecule has 0 bridgehead atoms. The van der Waals surface area contributed by atoms with E-state index in [-0.39, 0.29) is 24.4 Å². The minimum absolute atomic E-state index is 0.0697. The number of carbonyl (C=O) groups is 4. The van der Waals surface area contributed by atoms with E-state index in [1.165, 1.54) is 7.11 Å². The summed E-state index contributed by atoms with van der Waals surface area (Å²) in [6, 6.07) is 6.51. The van der Waals surface area contributed by atoms with Gasteiger partial charge in [-0.1, -0.05) is 71.9 Å². The van der Waals surface area contributed by atoms with Crippen molar-refractivity contribution < 1.29 is 28.7 Å². The molecule has 0 radical (unpaired) electrons. The maximum atomic E-state index is 13.0. The van der Waals surface area contributed by atoms with Crippen LogP contribution in [0, 0.1) is 17.8 Å². The van der Waals surface area contributed by atoms with Crippen LogP contribution in [-0.4, -0.2) is 49.1 Å². The summed E-state index contributed by atoms with van der Waals surface area (Å²) >= 11 is 0. The molecule has 3 amide bonds. The van der Waals surface area contributed by atoms with Crippen molar-refractivity contribution in [2.45, 2.75) is 66.3 Å². The number of esters is 1. The highest BCUT2D eigenvalue weighted by Gasteiger charge is 2.33. The van der Waals surface area contributed by atoms with Gasteiger partial charge >= 0.3 is 12.1 Å². The average Bonchev–Trinajstić information content (AvgIpc) is 2.77. The van der Waals surface area contributed by atoms with Crippen LogP contribution in [0.25, 0.3) is 0 Å². The maximum Gasteiger partial charge on any atom is 0.408 e. The van der Waals surface area contributed by atoms with Crippen molar-refractivity contribution in [3.05, 3.63) is 35.9 Å². The normalized spacial score (nSPS) is 13.8. The highest BCUT2D eigenvalue weighted by molar-refractivity contribution is 5.93. The number of methoxy groups -OCH3 is 1. The molecule has 9 nitrogen and oxygen atoms in total. The van der Waals surface area contributed by atoms with Crippen LogP contribution in [0.5, 0.6) is 0 Å². The molecule has 0 aliphatic heterocycles. The zero-order valence-electron chi connectivity index (χ0n) is 20.5. The Morgan fingerprint density at radius 3 is 1.64 bits per heavy atom. The number of hydrogen-bond acceptors (Lipinski definition) is 6. The molecule has 0 saturated carbocycles. The molecule has 184 valence electrons. The van der Waals surface area contributed by atoms with E-state index in [9.17, 15) is 19.2 Å². The average molecular weight is 464 g/mol. The van der Waals surface area contributed by atoms with Gasteiger partial charge in [0.05, 0.1) is 7.11 Å².